The number of nitrogens with one attached hydrogen (secondary N) is 1. The van der Waals surface area contributed by atoms with Gasteiger partial charge in [0.25, 0.3) is 0 Å². The molecule has 2 N–H and O–H groups in total. The highest BCUT2D eigenvalue weighted by Crippen LogP contribution is 2.32. The number of aliphatic carboxylic acids is 1. The van der Waals surface area contributed by atoms with Gasteiger partial charge in [0, 0.05) is 183 Å². The van der Waals surface area contributed by atoms with Crippen LogP contribution in [-0.4, -0.2) is 268 Å². The van der Waals surface area contributed by atoms with Gasteiger partial charge in [0.1, 0.15) is 17.2 Å². The molecule has 0 aliphatic carbocycles. The molecule has 25 nitrogen and oxygen atoms in total. The summed E-state index contributed by atoms with van der Waals surface area (Å²) in [6.45, 7) is 25.3. The minimum atomic E-state index is -3.73. The quantitative estimate of drug-likeness (QED) is 0.0488. The van der Waals surface area contributed by atoms with E-state index in [2.05, 4.69) is 129 Å². The number of anilines is 3. The number of piperazine rings is 3. The van der Waals surface area contributed by atoms with Crippen molar-refractivity contribution in [1.82, 2.24) is 42.7 Å². The van der Waals surface area contributed by atoms with Crippen LogP contribution in [0, 0.1) is 41.5 Å². The molecule has 3 saturated heterocycles. The number of sulfonamides is 3. The van der Waals surface area contributed by atoms with Crippen LogP contribution in [0.15, 0.2) is 124 Å². The van der Waals surface area contributed by atoms with Crippen LogP contribution in [0.5, 0.6) is 17.2 Å². The normalized spacial score (nSPS) is 14.4. The molecule has 3 fully saturated rings. The van der Waals surface area contributed by atoms with Gasteiger partial charge in [0.05, 0.1) is 42.4 Å². The second kappa shape index (κ2) is 43.3. The number of hydrogen-bond donors (Lipinski definition) is 2. The number of carbonyl (C=O) groups excluding carboxylic acids is 2. The van der Waals surface area contributed by atoms with Gasteiger partial charge in [-0.1, -0.05) is 36.4 Å². The maximum Gasteiger partial charge on any atom is 0.304 e. The van der Waals surface area contributed by atoms with Crippen molar-refractivity contribution >= 4 is 89.7 Å². The van der Waals surface area contributed by atoms with Crippen molar-refractivity contribution in [3.63, 3.8) is 0 Å². The Morgan fingerprint density at radius 3 is 0.852 bits per heavy atom. The summed E-state index contributed by atoms with van der Waals surface area (Å²) in [6.07, 6.45) is -0.0102. The van der Waals surface area contributed by atoms with Gasteiger partial charge in [-0.05, 0) is 193 Å². The zero-order valence-corrected chi connectivity index (χ0v) is 70.6. The third-order valence-corrected chi connectivity index (χ3v) is 25.9. The molecule has 30 heteroatoms. The van der Waals surface area contributed by atoms with Crippen LogP contribution in [0.3, 0.4) is 0 Å². The van der Waals surface area contributed by atoms with E-state index in [-0.39, 0.29) is 90.2 Å². The fourth-order valence-electron chi connectivity index (χ4n) is 12.8. The molecule has 2 amide bonds. The summed E-state index contributed by atoms with van der Waals surface area (Å²) >= 11 is 0. The highest BCUT2D eigenvalue weighted by molar-refractivity contribution is 7.89. The number of likely N-dealkylation sites (N-methyl/N-ethyl adjacent to an activating group) is 3. The number of rotatable bonds is 27. The Bertz CT molecular complexity index is 3970. The number of aryl methyl sites for hydroxylation is 6. The summed E-state index contributed by atoms with van der Waals surface area (Å²) in [7, 11) is 9.83. The molecule has 0 radical (unpaired) electrons. The third kappa shape index (κ3) is 26.4. The van der Waals surface area contributed by atoms with Crippen LogP contribution in [0.4, 0.5) is 17.1 Å². The van der Waals surface area contributed by atoms with Crippen LogP contribution in [0.1, 0.15) is 69.3 Å². The van der Waals surface area contributed by atoms with Crippen LogP contribution in [0.25, 0.3) is 0 Å². The van der Waals surface area contributed by atoms with E-state index in [1.165, 1.54) is 59.5 Å². The van der Waals surface area contributed by atoms with Crippen molar-refractivity contribution in [3.05, 3.63) is 159 Å². The molecule has 108 heavy (non-hydrogen) atoms. The highest BCUT2D eigenvalue weighted by atomic mass is 35.5. The largest absolute Gasteiger partial charge is 0.497 e. The molecule has 3 heterocycles. The molecular weight excluding hydrogens is 1480 g/mol. The number of nitrogens with zero attached hydrogens (tertiary/aromatic N) is 11. The van der Waals surface area contributed by atoms with Gasteiger partial charge in [-0.15, -0.1) is 24.8 Å². The summed E-state index contributed by atoms with van der Waals surface area (Å²) in [4.78, 5) is 54.3. The number of carboxylic acid groups (broad SMARTS) is 1. The molecular formula is C78H118Cl2N12O13S3. The summed E-state index contributed by atoms with van der Waals surface area (Å²) in [5.41, 5.74) is 10.8. The molecule has 0 spiro atoms. The molecule has 3 aliphatic heterocycles. The maximum atomic E-state index is 13.2. The average Bonchev–Trinajstić information content (AvgIpc) is 0.793. The number of halogens is 2. The molecule has 0 unspecified atom stereocenters. The molecule has 0 aromatic heterocycles. The van der Waals surface area contributed by atoms with E-state index < -0.39 is 36.0 Å². The van der Waals surface area contributed by atoms with Crippen molar-refractivity contribution in [2.75, 3.05) is 198 Å². The van der Waals surface area contributed by atoms with E-state index in [9.17, 15) is 39.6 Å². The Hall–Kier alpha value is -7.32. The Morgan fingerprint density at radius 2 is 0.630 bits per heavy atom. The summed E-state index contributed by atoms with van der Waals surface area (Å²) in [6, 6.07) is 35.7. The van der Waals surface area contributed by atoms with E-state index in [1.54, 1.807) is 116 Å². The number of hydrogen-bond acceptors (Lipinski definition) is 19. The first-order valence-electron chi connectivity index (χ1n) is 35.8. The minimum absolute atomic E-state index is 0. The van der Waals surface area contributed by atoms with Gasteiger partial charge in [-0.2, -0.15) is 0 Å². The van der Waals surface area contributed by atoms with Gasteiger partial charge in [0.2, 0.25) is 41.9 Å². The summed E-state index contributed by atoms with van der Waals surface area (Å²) in [5.74, 6) is 0.601. The van der Waals surface area contributed by atoms with Crippen LogP contribution in [0.2, 0.25) is 0 Å². The van der Waals surface area contributed by atoms with Gasteiger partial charge >= 0.3 is 5.97 Å². The highest BCUT2D eigenvalue weighted by Gasteiger charge is 2.30. The van der Waals surface area contributed by atoms with Crippen molar-refractivity contribution in [1.29, 1.82) is 0 Å². The first kappa shape index (κ1) is 93.1. The van der Waals surface area contributed by atoms with Gasteiger partial charge in [-0.25, -0.2) is 38.2 Å². The van der Waals surface area contributed by atoms with Crippen molar-refractivity contribution < 1.29 is 59.0 Å². The fourth-order valence-corrected chi connectivity index (χ4v) is 17.6. The maximum absolute atomic E-state index is 13.2. The molecule has 9 rings (SSSR count). The number of ether oxygens (including phenoxy) is 3. The number of carbonyl (C=O) groups is 3. The Labute approximate surface area is 656 Å². The smallest absolute Gasteiger partial charge is 0.304 e. The third-order valence-electron chi connectivity index (χ3n) is 19.4. The van der Waals surface area contributed by atoms with Crippen molar-refractivity contribution in [2.24, 2.45) is 0 Å². The molecule has 3 aliphatic rings. The fraction of sp³-hybridized carbons (Fsp3) is 0.500. The predicted molar refractivity (Wildman–Crippen MR) is 437 cm³/mol. The van der Waals surface area contributed by atoms with Gasteiger partial charge < -0.3 is 63.8 Å². The first-order valence-corrected chi connectivity index (χ1v) is 40.1. The number of amides is 2. The lowest BCUT2D eigenvalue weighted by Crippen LogP contribution is -2.44. The Morgan fingerprint density at radius 1 is 0.398 bits per heavy atom. The standard InChI is InChI=1S/2C26H38N4O4S.C13H21N3.C13H19NO5S.2ClH/c2*1-20-17-24(34-6)18-21(2)26(20)35(32,33)29(5)12-11-25(31)28(4)19-22-7-9-23(10-8-22)30-15-13-27(3)14-16-30;1-14-11-12-3-5-13(6-4-12)16-9-7-15(2)8-10-16;1-9-7-11(19-4)8-10(2)13(9)20(17,18)14(3)6-5-12(15)16;;/h2*7-10,17-18H,11-16,19H2,1-6H3;3-6,14H,7-11H2,1-2H3;7-8H,5-6H2,1-4H3,(H,15,16);2*1H. The Kier molecular flexibility index (Phi) is 37.3. The van der Waals surface area contributed by atoms with E-state index in [0.717, 1.165) is 101 Å². The molecule has 0 saturated carbocycles. The molecule has 0 atom stereocenters. The van der Waals surface area contributed by atoms with Crippen LogP contribution < -0.4 is 34.2 Å². The summed E-state index contributed by atoms with van der Waals surface area (Å²) in [5, 5.41) is 11.8. The second-order valence-corrected chi connectivity index (χ2v) is 33.7. The SMILES string of the molecule is CNCc1ccc(N2CCN(C)CC2)cc1.COc1cc(C)c(S(=O)(=O)N(C)CCC(=O)N(C)Cc2ccc(N3CCN(C)CC3)cc2)c(C)c1.COc1cc(C)c(S(=O)(=O)N(C)CCC(=O)N(C)Cc2ccc(N3CCN(C)CC3)cc2)c(C)c1.COc1cc(C)c(S(=O)(=O)N(C)CCC(=O)O)c(C)c1.Cl.Cl. The van der Waals surface area contributed by atoms with Gasteiger partial charge in [0.15, 0.2) is 0 Å². The number of methoxy groups -OCH3 is 3. The molecule has 6 aromatic rings. The van der Waals surface area contributed by atoms with Crippen LogP contribution >= 0.6 is 24.8 Å². The van der Waals surface area contributed by atoms with Gasteiger partial charge in [-0.3, -0.25) is 14.4 Å². The predicted octanol–water partition coefficient (Wildman–Crippen LogP) is 8.87. The zero-order chi connectivity index (χ0) is 78.4. The molecule has 6 aromatic carbocycles. The van der Waals surface area contributed by atoms with Crippen LogP contribution in [-0.2, 0) is 64.1 Å². The average molecular weight is 1600 g/mol. The lowest BCUT2D eigenvalue weighted by atomic mass is 10.1. The van der Waals surface area contributed by atoms with E-state index in [0.29, 0.717) is 63.7 Å². The van der Waals surface area contributed by atoms with Crippen molar-refractivity contribution in [2.45, 2.75) is 95.1 Å². The number of carboxylic acids is 1. The second-order valence-electron chi connectivity index (χ2n) is 27.8. The Balaban J connectivity index is 0.000000317. The number of benzene rings is 6. The zero-order valence-electron chi connectivity index (χ0n) is 66.5. The van der Waals surface area contributed by atoms with E-state index in [4.69, 9.17) is 19.3 Å². The molecule has 0 bridgehead atoms. The summed E-state index contributed by atoms with van der Waals surface area (Å²) < 4.78 is 96.8. The molecule has 600 valence electrons. The lowest BCUT2D eigenvalue weighted by molar-refractivity contribution is -0.137. The first-order chi connectivity index (χ1) is 50.0. The van der Waals surface area contributed by atoms with Crippen molar-refractivity contribution in [3.8, 4) is 17.2 Å². The topological polar surface area (TPSA) is 249 Å². The van der Waals surface area contributed by atoms with E-state index >= 15 is 0 Å². The minimum Gasteiger partial charge on any atom is -0.497 e. The lowest BCUT2D eigenvalue weighted by Gasteiger charge is -2.34. The monoisotopic (exact) mass is 1600 g/mol. The van der Waals surface area contributed by atoms with E-state index in [1.807, 2.05) is 7.05 Å².